The molecule has 0 atom stereocenters. The Morgan fingerprint density at radius 2 is 1.56 bits per heavy atom. The second kappa shape index (κ2) is 7.35. The number of piperazine rings is 1. The molecule has 0 aliphatic carbocycles. The van der Waals surface area contributed by atoms with Gasteiger partial charge in [-0.2, -0.15) is 20.0 Å². The zero-order valence-corrected chi connectivity index (χ0v) is 14.9. The molecule has 25 heavy (non-hydrogen) atoms. The minimum absolute atomic E-state index is 0.846. The van der Waals surface area contributed by atoms with Crippen LogP contribution in [0.15, 0.2) is 18.5 Å². The highest BCUT2D eigenvalue weighted by atomic mass is 15.5. The van der Waals surface area contributed by atoms with E-state index in [9.17, 15) is 0 Å². The van der Waals surface area contributed by atoms with E-state index in [4.69, 9.17) is 4.98 Å². The third-order valence-electron chi connectivity index (χ3n) is 5.00. The Balaban J connectivity index is 1.35. The second-order valence-corrected chi connectivity index (χ2v) is 6.82. The van der Waals surface area contributed by atoms with Gasteiger partial charge < -0.3 is 9.80 Å². The van der Waals surface area contributed by atoms with E-state index in [0.29, 0.717) is 0 Å². The average Bonchev–Trinajstić information content (AvgIpc) is 3.33. The van der Waals surface area contributed by atoms with Crippen LogP contribution in [0.5, 0.6) is 0 Å². The summed E-state index contributed by atoms with van der Waals surface area (Å²) >= 11 is 0. The fourth-order valence-corrected chi connectivity index (χ4v) is 3.55. The molecule has 8 heteroatoms. The van der Waals surface area contributed by atoms with Gasteiger partial charge in [-0.05, 0) is 19.8 Å². The van der Waals surface area contributed by atoms with Crippen LogP contribution in [0.2, 0.25) is 0 Å². The van der Waals surface area contributed by atoms with E-state index >= 15 is 0 Å². The molecule has 0 radical (unpaired) electrons. The summed E-state index contributed by atoms with van der Waals surface area (Å²) in [4.78, 5) is 18.4. The first-order valence-electron chi connectivity index (χ1n) is 9.20. The van der Waals surface area contributed by atoms with E-state index in [1.165, 1.54) is 12.8 Å². The molecule has 2 aromatic rings. The van der Waals surface area contributed by atoms with Crippen LogP contribution < -0.4 is 9.80 Å². The summed E-state index contributed by atoms with van der Waals surface area (Å²) in [7, 11) is 0. The van der Waals surface area contributed by atoms with Crippen LogP contribution in [0.1, 0.15) is 18.5 Å². The van der Waals surface area contributed by atoms with Gasteiger partial charge in [0.05, 0.1) is 18.9 Å². The number of aryl methyl sites for hydroxylation is 1. The normalized spacial score (nSPS) is 18.9. The van der Waals surface area contributed by atoms with E-state index in [-0.39, 0.29) is 0 Å². The third kappa shape index (κ3) is 3.89. The van der Waals surface area contributed by atoms with Gasteiger partial charge in [0, 0.05) is 57.6 Å². The lowest BCUT2D eigenvalue weighted by Gasteiger charge is -2.35. The van der Waals surface area contributed by atoms with Crippen LogP contribution in [0.4, 0.5) is 11.8 Å². The molecule has 8 nitrogen and oxygen atoms in total. The van der Waals surface area contributed by atoms with Gasteiger partial charge in [-0.15, -0.1) is 0 Å². The predicted octanol–water partition coefficient (Wildman–Crippen LogP) is 0.799. The molecule has 0 aromatic carbocycles. The van der Waals surface area contributed by atoms with Crippen LogP contribution >= 0.6 is 0 Å². The molecule has 4 rings (SSSR count). The first kappa shape index (κ1) is 16.3. The van der Waals surface area contributed by atoms with Crippen LogP contribution in [0, 0.1) is 6.92 Å². The van der Waals surface area contributed by atoms with Gasteiger partial charge in [-0.3, -0.25) is 4.90 Å². The minimum atomic E-state index is 0.846. The maximum atomic E-state index is 4.85. The number of hydrogen-bond donors (Lipinski definition) is 0. The summed E-state index contributed by atoms with van der Waals surface area (Å²) in [6.45, 7) is 10.2. The van der Waals surface area contributed by atoms with Gasteiger partial charge in [-0.25, -0.2) is 4.98 Å². The van der Waals surface area contributed by atoms with Gasteiger partial charge in [-0.1, -0.05) is 0 Å². The van der Waals surface area contributed by atoms with Crippen molar-refractivity contribution < 1.29 is 0 Å². The molecule has 0 amide bonds. The maximum Gasteiger partial charge on any atom is 0.227 e. The minimum Gasteiger partial charge on any atom is -0.354 e. The molecule has 0 saturated carbocycles. The first-order valence-corrected chi connectivity index (χ1v) is 9.20. The highest BCUT2D eigenvalue weighted by Gasteiger charge is 2.21. The Bertz CT molecular complexity index is 672. The highest BCUT2D eigenvalue weighted by Crippen LogP contribution is 2.21. The van der Waals surface area contributed by atoms with Gasteiger partial charge in [0.2, 0.25) is 5.95 Å². The van der Waals surface area contributed by atoms with Crippen molar-refractivity contribution in [2.75, 3.05) is 55.6 Å². The third-order valence-corrected chi connectivity index (χ3v) is 5.00. The molecule has 2 aliphatic heterocycles. The maximum absolute atomic E-state index is 4.85. The largest absolute Gasteiger partial charge is 0.354 e. The molecule has 0 N–H and O–H groups in total. The van der Waals surface area contributed by atoms with Crippen molar-refractivity contribution in [3.05, 3.63) is 24.2 Å². The predicted molar refractivity (Wildman–Crippen MR) is 96.9 cm³/mol. The van der Waals surface area contributed by atoms with Crippen molar-refractivity contribution in [3.63, 3.8) is 0 Å². The monoisotopic (exact) mass is 342 g/mol. The fraction of sp³-hybridized carbons (Fsp3) is 0.647. The van der Waals surface area contributed by atoms with Crippen LogP contribution in [0.3, 0.4) is 0 Å². The summed E-state index contributed by atoms with van der Waals surface area (Å²) in [5.74, 6) is 1.97. The molecular formula is C17H26N8. The summed E-state index contributed by atoms with van der Waals surface area (Å²) in [6.07, 6.45) is 5.95. The van der Waals surface area contributed by atoms with Crippen molar-refractivity contribution in [1.82, 2.24) is 29.9 Å². The van der Waals surface area contributed by atoms with Gasteiger partial charge in [0.1, 0.15) is 5.82 Å². The smallest absolute Gasteiger partial charge is 0.227 e. The molecule has 4 heterocycles. The first-order chi connectivity index (χ1) is 12.3. The van der Waals surface area contributed by atoms with E-state index in [0.717, 1.165) is 69.8 Å². The van der Waals surface area contributed by atoms with E-state index in [2.05, 4.69) is 42.9 Å². The summed E-state index contributed by atoms with van der Waals surface area (Å²) in [6, 6.07) is 2.11. The molecule has 0 bridgehead atoms. The molecular weight excluding hydrogens is 316 g/mol. The zero-order valence-electron chi connectivity index (χ0n) is 14.9. The van der Waals surface area contributed by atoms with Crippen LogP contribution in [-0.2, 0) is 6.54 Å². The SMILES string of the molecule is Cc1cc(N2CCN(CCn3nccn3)CC2)nc(N2CCCC2)n1. The molecule has 2 aromatic heterocycles. The van der Waals surface area contributed by atoms with Gasteiger partial charge >= 0.3 is 0 Å². The van der Waals surface area contributed by atoms with Gasteiger partial charge in [0.25, 0.3) is 0 Å². The second-order valence-electron chi connectivity index (χ2n) is 6.82. The number of nitrogens with zero attached hydrogens (tertiary/aromatic N) is 8. The molecule has 2 aliphatic rings. The lowest BCUT2D eigenvalue weighted by Crippen LogP contribution is -2.47. The van der Waals surface area contributed by atoms with Crippen LogP contribution in [0.25, 0.3) is 0 Å². The number of anilines is 2. The van der Waals surface area contributed by atoms with Crippen molar-refractivity contribution in [1.29, 1.82) is 0 Å². The Labute approximate surface area is 148 Å². The standard InChI is InChI=1S/C17H26N8/c1-15-14-16(21-17(20-15)24-6-2-3-7-24)23-11-8-22(9-12-23)10-13-25-18-4-5-19-25/h4-5,14H,2-3,6-13H2,1H3. The van der Waals surface area contributed by atoms with E-state index in [1.54, 1.807) is 17.2 Å². The number of aromatic nitrogens is 5. The Morgan fingerprint density at radius 1 is 0.840 bits per heavy atom. The molecule has 2 saturated heterocycles. The molecule has 0 spiro atoms. The molecule has 2 fully saturated rings. The van der Waals surface area contributed by atoms with E-state index < -0.39 is 0 Å². The van der Waals surface area contributed by atoms with E-state index in [1.807, 2.05) is 0 Å². The van der Waals surface area contributed by atoms with Crippen molar-refractivity contribution >= 4 is 11.8 Å². The zero-order chi connectivity index (χ0) is 17.1. The lowest BCUT2D eigenvalue weighted by molar-refractivity contribution is 0.239. The Kier molecular flexibility index (Phi) is 4.78. The number of hydrogen-bond acceptors (Lipinski definition) is 7. The Hall–Kier alpha value is -2.22. The van der Waals surface area contributed by atoms with Crippen molar-refractivity contribution in [2.24, 2.45) is 0 Å². The molecule has 0 unspecified atom stereocenters. The quantitative estimate of drug-likeness (QED) is 0.796. The fourth-order valence-electron chi connectivity index (χ4n) is 3.55. The van der Waals surface area contributed by atoms with Crippen LogP contribution in [-0.4, -0.2) is 75.7 Å². The van der Waals surface area contributed by atoms with Crippen molar-refractivity contribution in [3.8, 4) is 0 Å². The van der Waals surface area contributed by atoms with Gasteiger partial charge in [0.15, 0.2) is 0 Å². The topological polar surface area (TPSA) is 66.2 Å². The van der Waals surface area contributed by atoms with Crippen molar-refractivity contribution in [2.45, 2.75) is 26.3 Å². The molecule has 134 valence electrons. The average molecular weight is 342 g/mol. The lowest BCUT2D eigenvalue weighted by atomic mass is 10.3. The summed E-state index contributed by atoms with van der Waals surface area (Å²) in [5.41, 5.74) is 1.05. The number of rotatable bonds is 5. The Morgan fingerprint density at radius 3 is 2.28 bits per heavy atom. The summed E-state index contributed by atoms with van der Waals surface area (Å²) in [5, 5.41) is 8.33. The highest BCUT2D eigenvalue weighted by molar-refractivity contribution is 5.46. The summed E-state index contributed by atoms with van der Waals surface area (Å²) < 4.78 is 0.